The molecule has 1 aromatic rings. The first-order valence-electron chi connectivity index (χ1n) is 5.47. The first-order valence-corrected chi connectivity index (χ1v) is 5.47. The van der Waals surface area contributed by atoms with E-state index in [1.54, 1.807) is 6.20 Å². The van der Waals surface area contributed by atoms with E-state index in [2.05, 4.69) is 13.8 Å². The molecule has 3 heteroatoms. The second-order valence-electron chi connectivity index (χ2n) is 4.20. The highest BCUT2D eigenvalue weighted by molar-refractivity contribution is 5.26. The van der Waals surface area contributed by atoms with Crippen molar-refractivity contribution < 1.29 is 5.11 Å². The molecule has 0 saturated heterocycles. The van der Waals surface area contributed by atoms with Crippen LogP contribution in [0.25, 0.3) is 0 Å². The average Bonchev–Trinajstić information content (AvgIpc) is 2.19. The van der Waals surface area contributed by atoms with E-state index in [0.29, 0.717) is 12.3 Å². The van der Waals surface area contributed by atoms with Crippen molar-refractivity contribution in [1.29, 1.82) is 0 Å². The maximum absolute atomic E-state index is 11.2. The summed E-state index contributed by atoms with van der Waals surface area (Å²) in [7, 11) is 0. The Hall–Kier alpha value is -1.25. The van der Waals surface area contributed by atoms with Gasteiger partial charge < -0.3 is 9.67 Å². The minimum atomic E-state index is -0.285. The summed E-state index contributed by atoms with van der Waals surface area (Å²) in [6.45, 7) is 7.12. The Kier molecular flexibility index (Phi) is 3.95. The molecule has 1 aromatic heterocycles. The largest absolute Gasteiger partial charge is 0.503 e. The molecule has 0 aliphatic carbocycles. The normalized spacial score (nSPS) is 10.9. The molecule has 0 bridgehead atoms. The van der Waals surface area contributed by atoms with Gasteiger partial charge in [-0.25, -0.2) is 0 Å². The van der Waals surface area contributed by atoms with Crippen molar-refractivity contribution >= 4 is 0 Å². The van der Waals surface area contributed by atoms with Crippen LogP contribution >= 0.6 is 0 Å². The Labute approximate surface area is 90.4 Å². The van der Waals surface area contributed by atoms with E-state index in [9.17, 15) is 9.90 Å². The zero-order valence-electron chi connectivity index (χ0n) is 9.66. The first-order chi connectivity index (χ1) is 7.06. The van der Waals surface area contributed by atoms with Crippen molar-refractivity contribution in [2.24, 2.45) is 5.92 Å². The van der Waals surface area contributed by atoms with Crippen molar-refractivity contribution in [3.05, 3.63) is 28.2 Å². The molecule has 84 valence electrons. The number of aryl methyl sites for hydroxylation is 1. The Balaban J connectivity index is 2.97. The lowest BCUT2D eigenvalue weighted by atomic mass is 10.1. The summed E-state index contributed by atoms with van der Waals surface area (Å²) in [6, 6.07) is 1.43. The molecular formula is C12H19NO2. The zero-order valence-corrected chi connectivity index (χ0v) is 9.66. The van der Waals surface area contributed by atoms with Gasteiger partial charge in [0.1, 0.15) is 0 Å². The second kappa shape index (κ2) is 5.01. The van der Waals surface area contributed by atoms with E-state index in [0.717, 1.165) is 18.7 Å². The van der Waals surface area contributed by atoms with Gasteiger partial charge in [0, 0.05) is 18.8 Å². The summed E-state index contributed by atoms with van der Waals surface area (Å²) in [6.07, 6.45) is 3.50. The maximum Gasteiger partial charge on any atom is 0.223 e. The summed E-state index contributed by atoms with van der Waals surface area (Å²) < 4.78 is 1.97. The molecule has 1 rings (SSSR count). The molecule has 0 aromatic carbocycles. The molecule has 0 spiro atoms. The molecule has 3 nitrogen and oxygen atoms in total. The molecule has 0 radical (unpaired) electrons. The lowest BCUT2D eigenvalue weighted by molar-refractivity contribution is 0.439. The molecular weight excluding hydrogens is 190 g/mol. The molecule has 0 saturated carbocycles. The summed E-state index contributed by atoms with van der Waals surface area (Å²) >= 11 is 0. The van der Waals surface area contributed by atoms with E-state index in [1.165, 1.54) is 6.07 Å². The third-order valence-electron chi connectivity index (χ3n) is 2.54. The standard InChI is InChI=1S/C12H19NO2/c1-4-10-12(15)11(14)6-8-13(10)7-5-9(2)3/h6,8-9,15H,4-5,7H2,1-3H3. The number of aromatic hydroxyl groups is 1. The van der Waals surface area contributed by atoms with Crippen LogP contribution in [0.4, 0.5) is 0 Å². The molecule has 1 N–H and O–H groups in total. The third kappa shape index (κ3) is 2.85. The minimum Gasteiger partial charge on any atom is -0.503 e. The van der Waals surface area contributed by atoms with Crippen molar-refractivity contribution in [3.63, 3.8) is 0 Å². The number of aromatic nitrogens is 1. The van der Waals surface area contributed by atoms with Gasteiger partial charge in [0.25, 0.3) is 0 Å². The smallest absolute Gasteiger partial charge is 0.223 e. The fourth-order valence-electron chi connectivity index (χ4n) is 1.58. The molecule has 1 heterocycles. The van der Waals surface area contributed by atoms with Gasteiger partial charge in [0.05, 0.1) is 5.69 Å². The molecule has 15 heavy (non-hydrogen) atoms. The SMILES string of the molecule is CCc1c(O)c(=O)ccn1CCC(C)C. The van der Waals surface area contributed by atoms with E-state index >= 15 is 0 Å². The Morgan fingerprint density at radius 1 is 1.47 bits per heavy atom. The molecule has 0 aliphatic heterocycles. The van der Waals surface area contributed by atoms with Crippen LogP contribution in [-0.2, 0) is 13.0 Å². The van der Waals surface area contributed by atoms with Crippen LogP contribution in [0, 0.1) is 5.92 Å². The van der Waals surface area contributed by atoms with Gasteiger partial charge in [0.15, 0.2) is 5.75 Å². The van der Waals surface area contributed by atoms with Gasteiger partial charge in [-0.05, 0) is 18.8 Å². The van der Waals surface area contributed by atoms with Crippen molar-refractivity contribution in [2.75, 3.05) is 0 Å². The van der Waals surface area contributed by atoms with Crippen LogP contribution in [0.5, 0.6) is 5.75 Å². The molecule has 0 aliphatic rings. The minimum absolute atomic E-state index is 0.0937. The number of nitrogens with zero attached hydrogens (tertiary/aromatic N) is 1. The van der Waals surface area contributed by atoms with Crippen LogP contribution in [0.15, 0.2) is 17.1 Å². The number of hydrogen-bond donors (Lipinski definition) is 1. The predicted molar refractivity (Wildman–Crippen MR) is 61.2 cm³/mol. The highest BCUT2D eigenvalue weighted by Crippen LogP contribution is 2.13. The number of rotatable bonds is 4. The van der Waals surface area contributed by atoms with Gasteiger partial charge in [-0.2, -0.15) is 0 Å². The third-order valence-corrected chi connectivity index (χ3v) is 2.54. The van der Waals surface area contributed by atoms with Gasteiger partial charge in [-0.3, -0.25) is 4.79 Å². The molecule has 0 fully saturated rings. The number of hydrogen-bond acceptors (Lipinski definition) is 2. The average molecular weight is 209 g/mol. The summed E-state index contributed by atoms with van der Waals surface area (Å²) in [5.41, 5.74) is 0.454. The van der Waals surface area contributed by atoms with E-state index in [4.69, 9.17) is 0 Å². The lowest BCUT2D eigenvalue weighted by Gasteiger charge is -2.14. The van der Waals surface area contributed by atoms with Gasteiger partial charge in [-0.1, -0.05) is 20.8 Å². The van der Waals surface area contributed by atoms with E-state index < -0.39 is 0 Å². The predicted octanol–water partition coefficient (Wildman–Crippen LogP) is 2.16. The molecule has 0 amide bonds. The summed E-state index contributed by atoms with van der Waals surface area (Å²) in [5, 5.41) is 9.61. The highest BCUT2D eigenvalue weighted by atomic mass is 16.3. The van der Waals surface area contributed by atoms with Crippen LogP contribution < -0.4 is 5.43 Å². The topological polar surface area (TPSA) is 42.2 Å². The zero-order chi connectivity index (χ0) is 11.4. The van der Waals surface area contributed by atoms with E-state index in [-0.39, 0.29) is 11.2 Å². The quantitative estimate of drug-likeness (QED) is 0.825. The van der Waals surface area contributed by atoms with Crippen LogP contribution in [0.2, 0.25) is 0 Å². The van der Waals surface area contributed by atoms with Crippen molar-refractivity contribution in [2.45, 2.75) is 40.2 Å². The monoisotopic (exact) mass is 209 g/mol. The Morgan fingerprint density at radius 3 is 2.67 bits per heavy atom. The Bertz CT molecular complexity index is 380. The number of pyridine rings is 1. The van der Waals surface area contributed by atoms with Crippen LogP contribution in [0.1, 0.15) is 32.9 Å². The van der Waals surface area contributed by atoms with Crippen LogP contribution in [-0.4, -0.2) is 9.67 Å². The first kappa shape index (κ1) is 11.8. The fraction of sp³-hybridized carbons (Fsp3) is 0.583. The van der Waals surface area contributed by atoms with Gasteiger partial charge >= 0.3 is 0 Å². The summed E-state index contributed by atoms with van der Waals surface area (Å²) in [4.78, 5) is 11.2. The lowest BCUT2D eigenvalue weighted by Crippen LogP contribution is -2.13. The molecule has 0 atom stereocenters. The maximum atomic E-state index is 11.2. The van der Waals surface area contributed by atoms with Gasteiger partial charge in [0.2, 0.25) is 5.43 Å². The second-order valence-corrected chi connectivity index (χ2v) is 4.20. The van der Waals surface area contributed by atoms with Crippen LogP contribution in [0.3, 0.4) is 0 Å². The molecule has 0 unspecified atom stereocenters. The highest BCUT2D eigenvalue weighted by Gasteiger charge is 2.07. The van der Waals surface area contributed by atoms with Gasteiger partial charge in [-0.15, -0.1) is 0 Å². The fourth-order valence-corrected chi connectivity index (χ4v) is 1.58. The van der Waals surface area contributed by atoms with Crippen molar-refractivity contribution in [3.8, 4) is 5.75 Å². The van der Waals surface area contributed by atoms with E-state index in [1.807, 2.05) is 11.5 Å². The Morgan fingerprint density at radius 2 is 2.13 bits per heavy atom. The summed E-state index contributed by atoms with van der Waals surface area (Å²) in [5.74, 6) is 0.528. The van der Waals surface area contributed by atoms with Crippen molar-refractivity contribution in [1.82, 2.24) is 4.57 Å².